The first-order valence-electron chi connectivity index (χ1n) is 9.87. The molecular weight excluding hydrogens is 477 g/mol. The summed E-state index contributed by atoms with van der Waals surface area (Å²) in [6.45, 7) is 1.17. The molecule has 4 rings (SSSR count). The maximum absolute atomic E-state index is 12.8. The summed E-state index contributed by atoms with van der Waals surface area (Å²) >= 11 is 12.4. The Labute approximate surface area is 200 Å². The minimum atomic E-state index is -0.445. The molecule has 0 amide bonds. The maximum Gasteiger partial charge on any atom is 0.197 e. The summed E-state index contributed by atoms with van der Waals surface area (Å²) < 4.78 is 5.99. The molecule has 3 aromatic rings. The Bertz CT molecular complexity index is 1200. The first kappa shape index (κ1) is 24.4. The van der Waals surface area contributed by atoms with E-state index in [2.05, 4.69) is 5.32 Å². The minimum Gasteiger partial charge on any atom is -0.507 e. The van der Waals surface area contributed by atoms with Crippen LogP contribution in [0.5, 0.6) is 11.5 Å². The lowest BCUT2D eigenvalue weighted by atomic mass is 9.80. The van der Waals surface area contributed by atoms with E-state index in [9.17, 15) is 20.1 Å². The van der Waals surface area contributed by atoms with Gasteiger partial charge in [-0.2, -0.15) is 0 Å². The standard InChI is InChI=1S/C23H21Cl2NO5.ClH/c24-16-2-1-3-17(25)15(16)5-4-13-8-18(28)22-20(30)9-19(29)21(23(22)31-13)14-6-7-26-10-12(14)11-27;/h1-5,8-9,12,14,26-27,29-30H,6-7,10-11H2;1H. The van der Waals surface area contributed by atoms with Crippen LogP contribution in [0.25, 0.3) is 23.1 Å². The van der Waals surface area contributed by atoms with E-state index >= 15 is 0 Å². The van der Waals surface area contributed by atoms with Gasteiger partial charge in [-0.3, -0.25) is 4.79 Å². The number of aromatic hydroxyl groups is 2. The first-order valence-corrected chi connectivity index (χ1v) is 10.6. The van der Waals surface area contributed by atoms with Crippen molar-refractivity contribution in [3.8, 4) is 11.5 Å². The van der Waals surface area contributed by atoms with Crippen molar-refractivity contribution in [1.29, 1.82) is 0 Å². The number of benzene rings is 2. The molecule has 2 unspecified atom stereocenters. The van der Waals surface area contributed by atoms with Crippen molar-refractivity contribution in [3.05, 3.63) is 67.5 Å². The first-order chi connectivity index (χ1) is 14.9. The molecule has 9 heteroatoms. The summed E-state index contributed by atoms with van der Waals surface area (Å²) in [5.41, 5.74) is 0.655. The van der Waals surface area contributed by atoms with Gasteiger partial charge in [0.25, 0.3) is 0 Å². The van der Waals surface area contributed by atoms with Crippen LogP contribution in [0.1, 0.15) is 29.2 Å². The van der Waals surface area contributed by atoms with Gasteiger partial charge < -0.3 is 25.1 Å². The third kappa shape index (κ3) is 4.60. The Morgan fingerprint density at radius 1 is 1.12 bits per heavy atom. The molecule has 2 heterocycles. The molecule has 6 nitrogen and oxygen atoms in total. The molecule has 1 saturated heterocycles. The van der Waals surface area contributed by atoms with Crippen LogP contribution < -0.4 is 10.7 Å². The molecule has 0 bridgehead atoms. The van der Waals surface area contributed by atoms with Gasteiger partial charge in [0.05, 0.1) is 0 Å². The number of aliphatic hydroxyl groups is 1. The highest BCUT2D eigenvalue weighted by Gasteiger charge is 2.31. The summed E-state index contributed by atoms with van der Waals surface area (Å²) in [5, 5.41) is 34.9. The van der Waals surface area contributed by atoms with E-state index in [1.54, 1.807) is 30.4 Å². The van der Waals surface area contributed by atoms with Crippen LogP contribution in [0.4, 0.5) is 0 Å². The Morgan fingerprint density at radius 3 is 2.53 bits per heavy atom. The molecule has 2 aromatic carbocycles. The molecule has 0 spiro atoms. The Balaban J connectivity index is 0.00000289. The van der Waals surface area contributed by atoms with E-state index < -0.39 is 5.43 Å². The predicted octanol–water partition coefficient (Wildman–Crippen LogP) is 4.79. The molecule has 1 aromatic heterocycles. The lowest BCUT2D eigenvalue weighted by molar-refractivity contribution is 0.178. The van der Waals surface area contributed by atoms with Crippen LogP contribution in [-0.4, -0.2) is 35.0 Å². The smallest absolute Gasteiger partial charge is 0.197 e. The lowest BCUT2D eigenvalue weighted by Crippen LogP contribution is -2.37. The third-order valence-corrected chi connectivity index (χ3v) is 6.30. The summed E-state index contributed by atoms with van der Waals surface area (Å²) in [7, 11) is 0. The van der Waals surface area contributed by atoms with E-state index in [0.717, 1.165) is 6.07 Å². The van der Waals surface area contributed by atoms with E-state index in [1.807, 2.05) is 0 Å². The fraction of sp³-hybridized carbons (Fsp3) is 0.261. The fourth-order valence-corrected chi connectivity index (χ4v) is 4.63. The quantitative estimate of drug-likeness (QED) is 0.412. The zero-order valence-corrected chi connectivity index (χ0v) is 19.2. The highest BCUT2D eigenvalue weighted by atomic mass is 35.5. The van der Waals surface area contributed by atoms with Crippen molar-refractivity contribution in [1.82, 2.24) is 5.32 Å². The topological polar surface area (TPSA) is 103 Å². The normalized spacial score (nSPS) is 18.7. The molecule has 1 aliphatic heterocycles. The van der Waals surface area contributed by atoms with Crippen molar-refractivity contribution in [3.63, 3.8) is 0 Å². The van der Waals surface area contributed by atoms with Gasteiger partial charge in [0, 0.05) is 52.4 Å². The summed E-state index contributed by atoms with van der Waals surface area (Å²) in [6, 6.07) is 7.54. The molecule has 0 radical (unpaired) electrons. The number of phenols is 2. The molecule has 170 valence electrons. The SMILES string of the molecule is Cl.O=c1cc(C=Cc2c(Cl)cccc2Cl)oc2c(C3CCNCC3CO)c(O)cc(O)c12. The fourth-order valence-electron chi connectivity index (χ4n) is 4.11. The molecule has 2 atom stereocenters. The van der Waals surface area contributed by atoms with E-state index in [-0.39, 0.29) is 59.1 Å². The molecule has 4 N–H and O–H groups in total. The summed E-state index contributed by atoms with van der Waals surface area (Å²) in [5.74, 6) is -0.722. The maximum atomic E-state index is 12.8. The predicted molar refractivity (Wildman–Crippen MR) is 129 cm³/mol. The van der Waals surface area contributed by atoms with E-state index in [4.69, 9.17) is 27.6 Å². The lowest BCUT2D eigenvalue weighted by Gasteiger charge is -2.31. The zero-order chi connectivity index (χ0) is 22.1. The highest BCUT2D eigenvalue weighted by molar-refractivity contribution is 6.37. The third-order valence-electron chi connectivity index (χ3n) is 5.64. The van der Waals surface area contributed by atoms with Crippen LogP contribution in [0.3, 0.4) is 0 Å². The van der Waals surface area contributed by atoms with E-state index in [1.165, 1.54) is 6.07 Å². The largest absolute Gasteiger partial charge is 0.507 e. The van der Waals surface area contributed by atoms with Crippen LogP contribution in [0.15, 0.2) is 39.5 Å². The summed E-state index contributed by atoms with van der Waals surface area (Å²) in [6.07, 6.45) is 3.83. The van der Waals surface area contributed by atoms with Crippen molar-refractivity contribution >= 4 is 58.7 Å². The Hall–Kier alpha value is -2.22. The number of hydrogen-bond donors (Lipinski definition) is 4. The van der Waals surface area contributed by atoms with Crippen LogP contribution in [-0.2, 0) is 0 Å². The molecule has 1 fully saturated rings. The molecule has 32 heavy (non-hydrogen) atoms. The number of phenolic OH excluding ortho intramolecular Hbond substituents is 2. The van der Waals surface area contributed by atoms with Crippen molar-refractivity contribution in [2.75, 3.05) is 19.7 Å². The second-order valence-electron chi connectivity index (χ2n) is 7.56. The van der Waals surface area contributed by atoms with Crippen LogP contribution in [0, 0.1) is 5.92 Å². The number of nitrogens with one attached hydrogen (secondary N) is 1. The number of aliphatic hydroxyl groups excluding tert-OH is 1. The number of halogens is 3. The van der Waals surface area contributed by atoms with Gasteiger partial charge in [-0.15, -0.1) is 12.4 Å². The van der Waals surface area contributed by atoms with Crippen LogP contribution in [0.2, 0.25) is 10.0 Å². The van der Waals surface area contributed by atoms with Crippen molar-refractivity contribution < 1.29 is 19.7 Å². The summed E-state index contributed by atoms with van der Waals surface area (Å²) in [4.78, 5) is 12.8. The van der Waals surface area contributed by atoms with Gasteiger partial charge in [-0.25, -0.2) is 0 Å². The van der Waals surface area contributed by atoms with Crippen molar-refractivity contribution in [2.45, 2.75) is 12.3 Å². The van der Waals surface area contributed by atoms with Gasteiger partial charge in [0.15, 0.2) is 5.43 Å². The number of piperidine rings is 1. The molecule has 0 saturated carbocycles. The second-order valence-corrected chi connectivity index (χ2v) is 8.37. The van der Waals surface area contributed by atoms with Crippen molar-refractivity contribution in [2.24, 2.45) is 5.92 Å². The number of fused-ring (bicyclic) bond motifs is 1. The monoisotopic (exact) mass is 497 g/mol. The molecular formula is C23H22Cl3NO5. The molecule has 0 aliphatic carbocycles. The average molecular weight is 499 g/mol. The van der Waals surface area contributed by atoms with Gasteiger partial charge in [0.2, 0.25) is 0 Å². The van der Waals surface area contributed by atoms with Crippen LogP contribution >= 0.6 is 35.6 Å². The number of rotatable bonds is 4. The van der Waals surface area contributed by atoms with E-state index in [0.29, 0.717) is 40.7 Å². The number of hydrogen-bond acceptors (Lipinski definition) is 6. The Morgan fingerprint density at radius 2 is 1.84 bits per heavy atom. The average Bonchev–Trinajstić information content (AvgIpc) is 2.73. The van der Waals surface area contributed by atoms with Gasteiger partial charge >= 0.3 is 0 Å². The Kier molecular flexibility index (Phi) is 7.75. The van der Waals surface area contributed by atoms with Gasteiger partial charge in [-0.1, -0.05) is 29.3 Å². The highest BCUT2D eigenvalue weighted by Crippen LogP contribution is 2.43. The minimum absolute atomic E-state index is 0. The zero-order valence-electron chi connectivity index (χ0n) is 16.8. The van der Waals surface area contributed by atoms with Gasteiger partial charge in [0.1, 0.15) is 28.2 Å². The second kappa shape index (κ2) is 10.1. The van der Waals surface area contributed by atoms with Gasteiger partial charge in [-0.05, 0) is 43.2 Å². The molecule has 1 aliphatic rings.